The minimum Gasteiger partial charge on any atom is -0.354 e. The third-order valence-corrected chi connectivity index (χ3v) is 5.97. The third-order valence-electron chi connectivity index (χ3n) is 5.97. The van der Waals surface area contributed by atoms with E-state index in [4.69, 9.17) is 5.26 Å². The topological polar surface area (TPSA) is 86.0 Å². The Hall–Kier alpha value is -3.21. The summed E-state index contributed by atoms with van der Waals surface area (Å²) in [6.07, 6.45) is 13.4. The SMILES string of the molecule is N#Cc1ccc(Cn2cncc2CCNC(=O)[C@H]2CN(CC3=CCCC=C3)CCN2)cc1. The molecule has 1 aliphatic heterocycles. The van der Waals surface area contributed by atoms with Gasteiger partial charge in [0, 0.05) is 57.6 Å². The van der Waals surface area contributed by atoms with Gasteiger partial charge in [-0.25, -0.2) is 4.98 Å². The monoisotopic (exact) mass is 430 g/mol. The van der Waals surface area contributed by atoms with Crippen LogP contribution in [0.2, 0.25) is 0 Å². The molecule has 1 saturated heterocycles. The molecular formula is C25H30N6O. The fourth-order valence-corrected chi connectivity index (χ4v) is 4.19. The van der Waals surface area contributed by atoms with Crippen molar-refractivity contribution in [1.29, 1.82) is 5.26 Å². The number of carbonyl (C=O) groups excluding carboxylic acids is 1. The van der Waals surface area contributed by atoms with Crippen LogP contribution in [-0.2, 0) is 17.8 Å². The number of amides is 1. The lowest BCUT2D eigenvalue weighted by Crippen LogP contribution is -2.57. The van der Waals surface area contributed by atoms with Gasteiger partial charge in [-0.2, -0.15) is 5.26 Å². The van der Waals surface area contributed by atoms with E-state index in [0.717, 1.165) is 56.7 Å². The molecule has 2 aromatic rings. The van der Waals surface area contributed by atoms with E-state index in [0.29, 0.717) is 18.7 Å². The van der Waals surface area contributed by atoms with Gasteiger partial charge < -0.3 is 15.2 Å². The average molecular weight is 431 g/mol. The van der Waals surface area contributed by atoms with E-state index in [1.54, 1.807) is 0 Å². The molecule has 1 atom stereocenters. The van der Waals surface area contributed by atoms with E-state index >= 15 is 0 Å². The van der Waals surface area contributed by atoms with Crippen LogP contribution < -0.4 is 10.6 Å². The lowest BCUT2D eigenvalue weighted by molar-refractivity contribution is -0.124. The van der Waals surface area contributed by atoms with Crippen molar-refractivity contribution < 1.29 is 4.79 Å². The van der Waals surface area contributed by atoms with Gasteiger partial charge in [0.05, 0.1) is 24.0 Å². The van der Waals surface area contributed by atoms with Gasteiger partial charge in [-0.15, -0.1) is 0 Å². The second-order valence-electron chi connectivity index (χ2n) is 8.36. The van der Waals surface area contributed by atoms with Crippen LogP contribution >= 0.6 is 0 Å². The number of rotatable bonds is 8. The van der Waals surface area contributed by atoms with E-state index in [1.807, 2.05) is 36.8 Å². The van der Waals surface area contributed by atoms with Crippen LogP contribution in [0.1, 0.15) is 29.7 Å². The van der Waals surface area contributed by atoms with Crippen molar-refractivity contribution in [2.24, 2.45) is 0 Å². The average Bonchev–Trinajstić information content (AvgIpc) is 3.27. The van der Waals surface area contributed by atoms with Gasteiger partial charge in [-0.1, -0.05) is 30.4 Å². The van der Waals surface area contributed by atoms with E-state index in [9.17, 15) is 4.79 Å². The first kappa shape index (κ1) is 22.0. The first-order valence-corrected chi connectivity index (χ1v) is 11.3. The number of nitrogens with zero attached hydrogens (tertiary/aromatic N) is 4. The first-order chi connectivity index (χ1) is 15.7. The zero-order valence-corrected chi connectivity index (χ0v) is 18.3. The normalized spacial score (nSPS) is 18.7. The standard InChI is InChI=1S/C25H30N6O/c26-14-20-6-8-22(9-7-20)17-31-19-27-15-23(31)10-11-29-25(32)24-18-30(13-12-28-24)16-21-4-2-1-3-5-21/h2,4-9,15,19,24,28H,1,3,10-13,16-18H2,(H,29,32)/t24-/m1/s1. The number of imidazole rings is 1. The smallest absolute Gasteiger partial charge is 0.238 e. The second kappa shape index (κ2) is 10.9. The van der Waals surface area contributed by atoms with E-state index in [2.05, 4.69) is 49.4 Å². The van der Waals surface area contributed by atoms with Crippen LogP contribution in [0.15, 0.2) is 60.6 Å². The summed E-state index contributed by atoms with van der Waals surface area (Å²) >= 11 is 0. The lowest BCUT2D eigenvalue weighted by Gasteiger charge is -2.33. The van der Waals surface area contributed by atoms with Gasteiger partial charge in [0.1, 0.15) is 0 Å². The maximum absolute atomic E-state index is 12.7. The summed E-state index contributed by atoms with van der Waals surface area (Å²) in [4.78, 5) is 19.4. The molecule has 0 spiro atoms. The predicted molar refractivity (Wildman–Crippen MR) is 124 cm³/mol. The molecule has 0 bridgehead atoms. The maximum Gasteiger partial charge on any atom is 0.238 e. The zero-order valence-electron chi connectivity index (χ0n) is 18.3. The van der Waals surface area contributed by atoms with E-state index < -0.39 is 0 Å². The maximum atomic E-state index is 12.7. The second-order valence-corrected chi connectivity index (χ2v) is 8.36. The van der Waals surface area contributed by atoms with Gasteiger partial charge in [0.25, 0.3) is 0 Å². The molecule has 1 aromatic heterocycles. The number of benzene rings is 1. The highest BCUT2D eigenvalue weighted by molar-refractivity contribution is 5.82. The van der Waals surface area contributed by atoms with Gasteiger partial charge in [0.15, 0.2) is 0 Å². The van der Waals surface area contributed by atoms with Crippen molar-refractivity contribution in [3.63, 3.8) is 0 Å². The number of nitrogens with one attached hydrogen (secondary N) is 2. The molecule has 2 aliphatic rings. The Kier molecular flexibility index (Phi) is 7.49. The molecule has 1 aromatic carbocycles. The summed E-state index contributed by atoms with van der Waals surface area (Å²) in [7, 11) is 0. The predicted octanol–water partition coefficient (Wildman–Crippen LogP) is 2.01. The van der Waals surface area contributed by atoms with Crippen molar-refractivity contribution in [2.75, 3.05) is 32.7 Å². The molecule has 166 valence electrons. The largest absolute Gasteiger partial charge is 0.354 e. The highest BCUT2D eigenvalue weighted by Crippen LogP contribution is 2.13. The quantitative estimate of drug-likeness (QED) is 0.669. The summed E-state index contributed by atoms with van der Waals surface area (Å²) in [5.41, 5.74) is 4.20. The summed E-state index contributed by atoms with van der Waals surface area (Å²) in [5, 5.41) is 15.4. The molecular weight excluding hydrogens is 400 g/mol. The summed E-state index contributed by atoms with van der Waals surface area (Å²) in [6.45, 7) is 4.70. The molecule has 7 nitrogen and oxygen atoms in total. The van der Waals surface area contributed by atoms with Gasteiger partial charge in [-0.3, -0.25) is 9.69 Å². The Morgan fingerprint density at radius 2 is 2.12 bits per heavy atom. The van der Waals surface area contributed by atoms with Crippen LogP contribution in [0.5, 0.6) is 0 Å². The zero-order chi connectivity index (χ0) is 22.2. The molecule has 0 saturated carbocycles. The molecule has 7 heteroatoms. The van der Waals surface area contributed by atoms with Crippen LogP contribution in [0.3, 0.4) is 0 Å². The number of carbonyl (C=O) groups is 1. The van der Waals surface area contributed by atoms with Crippen LogP contribution in [0, 0.1) is 11.3 Å². The lowest BCUT2D eigenvalue weighted by atomic mass is 10.1. The summed E-state index contributed by atoms with van der Waals surface area (Å²) in [5.74, 6) is 0.0565. The Labute approximate surface area is 189 Å². The fraction of sp³-hybridized carbons (Fsp3) is 0.400. The van der Waals surface area contributed by atoms with Crippen molar-refractivity contribution in [3.05, 3.63) is 77.4 Å². The molecule has 1 amide bonds. The number of hydrogen-bond acceptors (Lipinski definition) is 5. The minimum absolute atomic E-state index is 0.0565. The Morgan fingerprint density at radius 1 is 1.25 bits per heavy atom. The Bertz CT molecular complexity index is 1010. The molecule has 1 aliphatic carbocycles. The molecule has 0 radical (unpaired) electrons. The summed E-state index contributed by atoms with van der Waals surface area (Å²) in [6, 6.07) is 9.54. The molecule has 32 heavy (non-hydrogen) atoms. The molecule has 4 rings (SSSR count). The van der Waals surface area contributed by atoms with Crippen molar-refractivity contribution in [1.82, 2.24) is 25.1 Å². The van der Waals surface area contributed by atoms with Gasteiger partial charge >= 0.3 is 0 Å². The highest BCUT2D eigenvalue weighted by Gasteiger charge is 2.25. The number of hydrogen-bond donors (Lipinski definition) is 2. The van der Waals surface area contributed by atoms with E-state index in [-0.39, 0.29) is 11.9 Å². The molecule has 2 heterocycles. The molecule has 2 N–H and O–H groups in total. The number of nitriles is 1. The van der Waals surface area contributed by atoms with Gasteiger partial charge in [0.2, 0.25) is 5.91 Å². The number of allylic oxidation sites excluding steroid dienone is 2. The van der Waals surface area contributed by atoms with Crippen LogP contribution in [0.4, 0.5) is 0 Å². The first-order valence-electron chi connectivity index (χ1n) is 11.3. The molecule has 0 unspecified atom stereocenters. The summed E-state index contributed by atoms with van der Waals surface area (Å²) < 4.78 is 2.08. The molecule has 1 fully saturated rings. The van der Waals surface area contributed by atoms with Crippen LogP contribution in [-0.4, -0.2) is 59.1 Å². The van der Waals surface area contributed by atoms with Crippen molar-refractivity contribution >= 4 is 5.91 Å². The Morgan fingerprint density at radius 3 is 2.91 bits per heavy atom. The fourth-order valence-electron chi connectivity index (χ4n) is 4.19. The number of piperazine rings is 1. The van der Waals surface area contributed by atoms with Crippen molar-refractivity contribution in [3.8, 4) is 6.07 Å². The van der Waals surface area contributed by atoms with Gasteiger partial charge in [-0.05, 0) is 36.1 Å². The third kappa shape index (κ3) is 5.94. The van der Waals surface area contributed by atoms with Crippen molar-refractivity contribution in [2.45, 2.75) is 31.8 Å². The van der Waals surface area contributed by atoms with E-state index in [1.165, 1.54) is 5.57 Å². The number of aromatic nitrogens is 2. The highest BCUT2D eigenvalue weighted by atomic mass is 16.2. The minimum atomic E-state index is -0.180. The Balaban J connectivity index is 1.24. The van der Waals surface area contributed by atoms with Crippen LogP contribution in [0.25, 0.3) is 0 Å².